The van der Waals surface area contributed by atoms with E-state index in [1.54, 1.807) is 0 Å². The van der Waals surface area contributed by atoms with Crippen molar-refractivity contribution in [2.24, 2.45) is 11.8 Å². The van der Waals surface area contributed by atoms with E-state index in [4.69, 9.17) is 11.2 Å². The Morgan fingerprint density at radius 2 is 1.85 bits per heavy atom. The van der Waals surface area contributed by atoms with Gasteiger partial charge in [-0.1, -0.05) is 46.5 Å². The topological polar surface area (TPSA) is 9.23 Å². The lowest BCUT2D eigenvalue weighted by Crippen LogP contribution is -2.00. The lowest BCUT2D eigenvalue weighted by molar-refractivity contribution is 0.244. The van der Waals surface area contributed by atoms with Crippen molar-refractivity contribution in [2.45, 2.75) is 46.5 Å². The molecule has 0 heterocycles. The van der Waals surface area contributed by atoms with Gasteiger partial charge in [-0.05, 0) is 18.3 Å². The van der Waals surface area contributed by atoms with Crippen molar-refractivity contribution in [3.8, 4) is 12.5 Å². The molecular weight excluding hydrogens is 160 g/mol. The van der Waals surface area contributed by atoms with E-state index in [1.807, 2.05) is 0 Å². The summed E-state index contributed by atoms with van der Waals surface area (Å²) in [5.74, 6) is 1.57. The summed E-state index contributed by atoms with van der Waals surface area (Å²) in [6.45, 7) is 7.51. The van der Waals surface area contributed by atoms with E-state index in [0.29, 0.717) is 6.61 Å². The largest absolute Gasteiger partial charge is 0.447 e. The first-order valence-corrected chi connectivity index (χ1v) is 5.24. The Balaban J connectivity index is 3.21. The SMILES string of the molecule is C#COCCC(C)CCCC(C)C. The van der Waals surface area contributed by atoms with Gasteiger partial charge >= 0.3 is 0 Å². The van der Waals surface area contributed by atoms with Crippen LogP contribution in [0.2, 0.25) is 0 Å². The molecule has 0 aliphatic carbocycles. The van der Waals surface area contributed by atoms with Crippen LogP contribution < -0.4 is 0 Å². The lowest BCUT2D eigenvalue weighted by Gasteiger charge is -2.10. The Morgan fingerprint density at radius 1 is 1.15 bits per heavy atom. The van der Waals surface area contributed by atoms with Gasteiger partial charge < -0.3 is 4.74 Å². The maximum Gasteiger partial charge on any atom is 0.106 e. The van der Waals surface area contributed by atoms with Crippen molar-refractivity contribution in [1.82, 2.24) is 0 Å². The molecule has 0 amide bonds. The van der Waals surface area contributed by atoms with Crippen LogP contribution in [0.3, 0.4) is 0 Å². The Kier molecular flexibility index (Phi) is 7.59. The zero-order valence-corrected chi connectivity index (χ0v) is 9.18. The summed E-state index contributed by atoms with van der Waals surface area (Å²) in [5.41, 5.74) is 0. The molecule has 0 aromatic heterocycles. The molecule has 0 aliphatic rings. The Labute approximate surface area is 82.9 Å². The Hall–Kier alpha value is -0.640. The minimum atomic E-state index is 0.708. The van der Waals surface area contributed by atoms with Gasteiger partial charge in [0.25, 0.3) is 0 Å². The molecule has 0 aliphatic heterocycles. The molecule has 0 rings (SSSR count). The minimum absolute atomic E-state index is 0.708. The number of hydrogen-bond acceptors (Lipinski definition) is 1. The number of ether oxygens (including phenoxy) is 1. The summed E-state index contributed by atoms with van der Waals surface area (Å²) in [5, 5.41) is 0. The molecule has 1 unspecified atom stereocenters. The summed E-state index contributed by atoms with van der Waals surface area (Å²) in [6.07, 6.45) is 12.2. The molecule has 13 heavy (non-hydrogen) atoms. The molecule has 76 valence electrons. The van der Waals surface area contributed by atoms with Crippen molar-refractivity contribution < 1.29 is 4.74 Å². The molecule has 1 heteroatoms. The molecule has 0 N–H and O–H groups in total. The third kappa shape index (κ3) is 9.27. The fraction of sp³-hybridized carbons (Fsp3) is 0.833. The molecule has 1 nitrogen and oxygen atoms in total. The average Bonchev–Trinajstić information content (AvgIpc) is 2.04. The molecule has 0 spiro atoms. The normalized spacial score (nSPS) is 12.5. The molecule has 0 radical (unpaired) electrons. The highest BCUT2D eigenvalue weighted by atomic mass is 16.5. The number of terminal acetylenes is 1. The van der Waals surface area contributed by atoms with Crippen molar-refractivity contribution in [1.29, 1.82) is 0 Å². The predicted molar refractivity (Wildman–Crippen MR) is 57.3 cm³/mol. The van der Waals surface area contributed by atoms with Gasteiger partial charge in [-0.25, -0.2) is 0 Å². The smallest absolute Gasteiger partial charge is 0.106 e. The summed E-state index contributed by atoms with van der Waals surface area (Å²) in [6, 6.07) is 0. The highest BCUT2D eigenvalue weighted by molar-refractivity contribution is 4.68. The van der Waals surface area contributed by atoms with Crippen LogP contribution in [0.15, 0.2) is 0 Å². The fourth-order valence-electron chi connectivity index (χ4n) is 1.34. The van der Waals surface area contributed by atoms with E-state index in [9.17, 15) is 0 Å². The summed E-state index contributed by atoms with van der Waals surface area (Å²) in [7, 11) is 0. The van der Waals surface area contributed by atoms with E-state index >= 15 is 0 Å². The second-order valence-corrected chi connectivity index (χ2v) is 4.18. The maximum atomic E-state index is 4.98. The first-order valence-electron chi connectivity index (χ1n) is 5.24. The minimum Gasteiger partial charge on any atom is -0.447 e. The Morgan fingerprint density at radius 3 is 2.38 bits per heavy atom. The van der Waals surface area contributed by atoms with Gasteiger partial charge in [0.05, 0.1) is 0 Å². The van der Waals surface area contributed by atoms with E-state index in [0.717, 1.165) is 18.3 Å². The maximum absolute atomic E-state index is 4.98. The Bertz CT molecular complexity index is 144. The van der Waals surface area contributed by atoms with Gasteiger partial charge in [-0.15, -0.1) is 0 Å². The van der Waals surface area contributed by atoms with Crippen LogP contribution in [0.5, 0.6) is 0 Å². The third-order valence-electron chi connectivity index (χ3n) is 2.27. The van der Waals surface area contributed by atoms with E-state index < -0.39 is 0 Å². The lowest BCUT2D eigenvalue weighted by atomic mass is 9.98. The molecule has 0 aromatic rings. The van der Waals surface area contributed by atoms with Gasteiger partial charge in [0.2, 0.25) is 0 Å². The summed E-state index contributed by atoms with van der Waals surface area (Å²) < 4.78 is 4.86. The van der Waals surface area contributed by atoms with Crippen molar-refractivity contribution in [3.63, 3.8) is 0 Å². The highest BCUT2D eigenvalue weighted by Crippen LogP contribution is 2.14. The van der Waals surface area contributed by atoms with E-state index in [1.165, 1.54) is 19.3 Å². The van der Waals surface area contributed by atoms with Gasteiger partial charge in [-0.2, -0.15) is 0 Å². The molecule has 0 saturated heterocycles. The van der Waals surface area contributed by atoms with Crippen molar-refractivity contribution in [2.75, 3.05) is 6.61 Å². The van der Waals surface area contributed by atoms with Crippen LogP contribution in [0.25, 0.3) is 0 Å². The third-order valence-corrected chi connectivity index (χ3v) is 2.27. The first-order chi connectivity index (χ1) is 6.16. The van der Waals surface area contributed by atoms with Crippen LogP contribution in [0.1, 0.15) is 46.5 Å². The van der Waals surface area contributed by atoms with Crippen molar-refractivity contribution >= 4 is 0 Å². The van der Waals surface area contributed by atoms with E-state index in [-0.39, 0.29) is 0 Å². The van der Waals surface area contributed by atoms with Crippen LogP contribution in [0.4, 0.5) is 0 Å². The molecule has 1 atom stereocenters. The van der Waals surface area contributed by atoms with Crippen LogP contribution >= 0.6 is 0 Å². The molecule has 0 saturated carbocycles. The molecule has 0 fully saturated rings. The van der Waals surface area contributed by atoms with Crippen LogP contribution in [-0.2, 0) is 4.74 Å². The van der Waals surface area contributed by atoms with Crippen molar-refractivity contribution in [3.05, 3.63) is 0 Å². The summed E-state index contributed by atoms with van der Waals surface area (Å²) >= 11 is 0. The second-order valence-electron chi connectivity index (χ2n) is 4.18. The number of hydrogen-bond donors (Lipinski definition) is 0. The molecule has 0 bridgehead atoms. The monoisotopic (exact) mass is 182 g/mol. The number of rotatable bonds is 7. The van der Waals surface area contributed by atoms with Gasteiger partial charge in [0.1, 0.15) is 12.7 Å². The zero-order chi connectivity index (χ0) is 10.1. The van der Waals surface area contributed by atoms with Crippen LogP contribution in [-0.4, -0.2) is 6.61 Å². The quantitative estimate of drug-likeness (QED) is 0.433. The first kappa shape index (κ1) is 12.4. The standard InChI is InChI=1S/C12H22O/c1-5-13-10-9-12(4)8-6-7-11(2)3/h1,11-12H,6-10H2,2-4H3. The zero-order valence-electron chi connectivity index (χ0n) is 9.18. The predicted octanol–water partition coefficient (Wildman–Crippen LogP) is 3.45. The summed E-state index contributed by atoms with van der Waals surface area (Å²) in [4.78, 5) is 0. The van der Waals surface area contributed by atoms with Gasteiger partial charge in [0.15, 0.2) is 0 Å². The highest BCUT2D eigenvalue weighted by Gasteiger charge is 2.02. The van der Waals surface area contributed by atoms with Gasteiger partial charge in [-0.3, -0.25) is 0 Å². The fourth-order valence-corrected chi connectivity index (χ4v) is 1.34. The average molecular weight is 182 g/mol. The molecular formula is C12H22O. The van der Waals surface area contributed by atoms with E-state index in [2.05, 4.69) is 26.9 Å². The van der Waals surface area contributed by atoms with Gasteiger partial charge in [0, 0.05) is 0 Å². The second kappa shape index (κ2) is 7.98. The molecule has 0 aromatic carbocycles. The van der Waals surface area contributed by atoms with Crippen LogP contribution in [0, 0.1) is 24.4 Å².